The fraction of sp³-hybridized carbons (Fsp3) is 0.333. The topological polar surface area (TPSA) is 86.5 Å². The van der Waals surface area contributed by atoms with Crippen LogP contribution in [0.3, 0.4) is 0 Å². The van der Waals surface area contributed by atoms with Crippen molar-refractivity contribution in [3.8, 4) is 0 Å². The van der Waals surface area contributed by atoms with E-state index in [9.17, 15) is 4.79 Å². The molecule has 0 spiro atoms. The fourth-order valence-electron chi connectivity index (χ4n) is 1.95. The quantitative estimate of drug-likeness (QED) is 0.836. The van der Waals surface area contributed by atoms with E-state index >= 15 is 0 Å². The van der Waals surface area contributed by atoms with E-state index in [1.54, 1.807) is 11.8 Å². The second-order valence-corrected chi connectivity index (χ2v) is 3.96. The van der Waals surface area contributed by atoms with Gasteiger partial charge in [-0.3, -0.25) is 0 Å². The van der Waals surface area contributed by atoms with Crippen molar-refractivity contribution < 1.29 is 14.3 Å². The summed E-state index contributed by atoms with van der Waals surface area (Å²) in [4.78, 5) is 13.6. The van der Waals surface area contributed by atoms with Crippen LogP contribution in [-0.2, 0) is 9.47 Å². The number of nitrogens with zero attached hydrogens (tertiary/aromatic N) is 1. The molecule has 6 heteroatoms. The molecule has 0 fully saturated rings. The summed E-state index contributed by atoms with van der Waals surface area (Å²) in [5.74, 6) is 0. The lowest BCUT2D eigenvalue weighted by Crippen LogP contribution is -2.43. The van der Waals surface area contributed by atoms with Crippen molar-refractivity contribution in [2.75, 3.05) is 18.1 Å². The Kier molecular flexibility index (Phi) is 6.87. The zero-order chi connectivity index (χ0) is 15.7. The van der Waals surface area contributed by atoms with Gasteiger partial charge in [0.25, 0.3) is 0 Å². The first-order valence-electron chi connectivity index (χ1n) is 6.62. The Morgan fingerprint density at radius 2 is 1.95 bits per heavy atom. The number of ether oxygens (including phenoxy) is 2. The monoisotopic (exact) mass is 289 g/mol. The van der Waals surface area contributed by atoms with E-state index in [-0.39, 0.29) is 6.09 Å². The number of rotatable bonds is 3. The number of hydrogen-bond donors (Lipinski definition) is 2. The zero-order valence-corrected chi connectivity index (χ0v) is 12.1. The van der Waals surface area contributed by atoms with Gasteiger partial charge in [-0.15, -0.1) is 0 Å². The molecule has 1 aliphatic heterocycles. The van der Waals surface area contributed by atoms with Crippen LogP contribution in [0, 0.1) is 10.8 Å². The van der Waals surface area contributed by atoms with Gasteiger partial charge < -0.3 is 9.47 Å². The Morgan fingerprint density at radius 3 is 2.57 bits per heavy atom. The van der Waals surface area contributed by atoms with Crippen LogP contribution in [0.15, 0.2) is 30.3 Å². The molecule has 6 nitrogen and oxygen atoms in total. The third-order valence-electron chi connectivity index (χ3n) is 2.69. The number of hydrogen-bond acceptors (Lipinski definition) is 5. The van der Waals surface area contributed by atoms with Crippen LogP contribution in [0.25, 0.3) is 6.08 Å². The van der Waals surface area contributed by atoms with E-state index < -0.39 is 6.23 Å². The predicted octanol–water partition coefficient (Wildman–Crippen LogP) is 3.36. The summed E-state index contributed by atoms with van der Waals surface area (Å²) < 4.78 is 10.6. The summed E-state index contributed by atoms with van der Waals surface area (Å²) >= 11 is 0. The third kappa shape index (κ3) is 4.27. The van der Waals surface area contributed by atoms with Gasteiger partial charge in [-0.1, -0.05) is 24.3 Å². The molecule has 112 valence electrons. The van der Waals surface area contributed by atoms with Crippen molar-refractivity contribution in [2.24, 2.45) is 0 Å². The molecule has 21 heavy (non-hydrogen) atoms. The summed E-state index contributed by atoms with van der Waals surface area (Å²) in [6, 6.07) is 8.93. The summed E-state index contributed by atoms with van der Waals surface area (Å²) in [5, 5.41) is 11.2. The maximum absolute atomic E-state index is 12.0. The van der Waals surface area contributed by atoms with Gasteiger partial charge in [0.1, 0.15) is 0 Å². The number of carbonyl (C=O) groups is 1. The summed E-state index contributed by atoms with van der Waals surface area (Å²) in [6.07, 6.45) is 3.05. The second-order valence-electron chi connectivity index (χ2n) is 3.96. The number of para-hydroxylation sites is 1. The molecule has 1 aromatic carbocycles. The molecule has 1 amide bonds. The van der Waals surface area contributed by atoms with Crippen molar-refractivity contribution in [2.45, 2.75) is 20.1 Å². The number of fused-ring (bicyclic) bond motifs is 1. The van der Waals surface area contributed by atoms with E-state index in [1.807, 2.05) is 43.3 Å². The molecule has 2 rings (SSSR count). The molecule has 0 aromatic heterocycles. The van der Waals surface area contributed by atoms with Crippen LogP contribution in [0.1, 0.15) is 19.4 Å². The molecule has 1 aliphatic rings. The number of amides is 1. The van der Waals surface area contributed by atoms with E-state index in [0.717, 1.165) is 11.3 Å². The molecule has 1 atom stereocenters. The molecule has 1 unspecified atom stereocenters. The van der Waals surface area contributed by atoms with Gasteiger partial charge in [0, 0.05) is 6.61 Å². The zero-order valence-electron chi connectivity index (χ0n) is 12.1. The Hall–Kier alpha value is -2.43. The standard InChI is InChI=1S/C14H17NO3.CH2N2/c1-3-17-13-10-9-11-7-5-6-8-12(11)15(13)14(16)18-4-2;2-1-3/h5-10,13H,3-4H2,1-2H3;2-3H. The van der Waals surface area contributed by atoms with Gasteiger partial charge in [-0.25, -0.2) is 20.5 Å². The minimum Gasteiger partial charge on any atom is -0.449 e. The molecule has 0 saturated heterocycles. The SMILES string of the molecule is CCOC(=O)N1c2ccccc2C=CC1OCC.N=C=N. The van der Waals surface area contributed by atoms with Gasteiger partial charge in [-0.2, -0.15) is 0 Å². The first-order valence-corrected chi connectivity index (χ1v) is 6.62. The van der Waals surface area contributed by atoms with E-state index in [1.165, 1.54) is 6.01 Å². The van der Waals surface area contributed by atoms with Crippen molar-refractivity contribution in [3.63, 3.8) is 0 Å². The van der Waals surface area contributed by atoms with Crippen LogP contribution in [-0.4, -0.2) is 31.5 Å². The smallest absolute Gasteiger partial charge is 0.416 e. The van der Waals surface area contributed by atoms with E-state index in [0.29, 0.717) is 13.2 Å². The first kappa shape index (κ1) is 16.6. The molecular formula is C15H19N3O3. The Bertz CT molecular complexity index is 537. The van der Waals surface area contributed by atoms with Crippen molar-refractivity contribution in [1.82, 2.24) is 0 Å². The summed E-state index contributed by atoms with van der Waals surface area (Å²) in [7, 11) is 0. The Labute approximate surface area is 124 Å². The Balaban J connectivity index is 0.000000677. The lowest BCUT2D eigenvalue weighted by molar-refractivity contribution is 0.0830. The van der Waals surface area contributed by atoms with Gasteiger partial charge >= 0.3 is 6.09 Å². The average molecular weight is 289 g/mol. The average Bonchev–Trinajstić information content (AvgIpc) is 2.48. The predicted molar refractivity (Wildman–Crippen MR) is 80.8 cm³/mol. The Morgan fingerprint density at radius 1 is 1.29 bits per heavy atom. The molecule has 2 N–H and O–H groups in total. The van der Waals surface area contributed by atoms with Gasteiger partial charge in [0.2, 0.25) is 0 Å². The van der Waals surface area contributed by atoms with Crippen LogP contribution >= 0.6 is 0 Å². The molecule has 1 aromatic rings. The molecule has 0 aliphatic carbocycles. The second kappa shape index (κ2) is 8.68. The normalized spacial score (nSPS) is 15.3. The van der Waals surface area contributed by atoms with Crippen LogP contribution in [0.2, 0.25) is 0 Å². The highest BCUT2D eigenvalue weighted by molar-refractivity contribution is 5.93. The highest BCUT2D eigenvalue weighted by Gasteiger charge is 2.29. The van der Waals surface area contributed by atoms with E-state index in [2.05, 4.69) is 0 Å². The number of anilines is 1. The van der Waals surface area contributed by atoms with Crippen LogP contribution < -0.4 is 4.90 Å². The number of benzene rings is 1. The summed E-state index contributed by atoms with van der Waals surface area (Å²) in [6.45, 7) is 4.57. The van der Waals surface area contributed by atoms with E-state index in [4.69, 9.17) is 20.3 Å². The highest BCUT2D eigenvalue weighted by Crippen LogP contribution is 2.29. The maximum atomic E-state index is 12.0. The van der Waals surface area contributed by atoms with Gasteiger partial charge in [0.15, 0.2) is 6.23 Å². The third-order valence-corrected chi connectivity index (χ3v) is 2.69. The van der Waals surface area contributed by atoms with Crippen LogP contribution in [0.4, 0.5) is 10.5 Å². The minimum atomic E-state index is -0.399. The highest BCUT2D eigenvalue weighted by atomic mass is 16.6. The first-order chi connectivity index (χ1) is 10.2. The minimum absolute atomic E-state index is 0.347. The lowest BCUT2D eigenvalue weighted by Gasteiger charge is -2.32. The fourth-order valence-corrected chi connectivity index (χ4v) is 1.95. The molecule has 1 heterocycles. The van der Waals surface area contributed by atoms with Gasteiger partial charge in [-0.05, 0) is 31.6 Å². The van der Waals surface area contributed by atoms with Crippen molar-refractivity contribution in [1.29, 1.82) is 10.8 Å². The largest absolute Gasteiger partial charge is 0.449 e. The maximum Gasteiger partial charge on any atom is 0.416 e. The van der Waals surface area contributed by atoms with Crippen LogP contribution in [0.5, 0.6) is 0 Å². The summed E-state index contributed by atoms with van der Waals surface area (Å²) in [5.41, 5.74) is 1.80. The molecule has 0 radical (unpaired) electrons. The number of nitrogens with one attached hydrogen (secondary N) is 2. The lowest BCUT2D eigenvalue weighted by atomic mass is 10.1. The van der Waals surface area contributed by atoms with Crippen molar-refractivity contribution >= 4 is 23.9 Å². The van der Waals surface area contributed by atoms with Crippen molar-refractivity contribution in [3.05, 3.63) is 35.9 Å². The molecule has 0 bridgehead atoms. The molecular weight excluding hydrogens is 270 g/mol. The molecule has 0 saturated carbocycles. The van der Waals surface area contributed by atoms with Gasteiger partial charge in [0.05, 0.1) is 18.3 Å². The number of carbonyl (C=O) groups excluding carboxylic acids is 1.